The highest BCUT2D eigenvalue weighted by Gasteiger charge is 2.07. The van der Waals surface area contributed by atoms with Crippen molar-refractivity contribution in [3.05, 3.63) is 60.9 Å². The number of benzene rings is 1. The van der Waals surface area contributed by atoms with Crippen molar-refractivity contribution < 1.29 is 9.53 Å². The Labute approximate surface area is 130 Å². The van der Waals surface area contributed by atoms with Crippen LogP contribution in [0.4, 0.5) is 11.4 Å². The molecule has 0 aliphatic rings. The molecule has 0 radical (unpaired) electrons. The van der Waals surface area contributed by atoms with Gasteiger partial charge in [0.1, 0.15) is 5.75 Å². The van der Waals surface area contributed by atoms with Crippen LogP contribution in [0.15, 0.2) is 55.4 Å². The summed E-state index contributed by atoms with van der Waals surface area (Å²) >= 11 is 0. The van der Waals surface area contributed by atoms with E-state index >= 15 is 0 Å². The van der Waals surface area contributed by atoms with Crippen LogP contribution in [0.5, 0.6) is 5.75 Å². The second-order valence-electron chi connectivity index (χ2n) is 4.54. The van der Waals surface area contributed by atoms with Crippen LogP contribution in [0.3, 0.4) is 0 Å². The summed E-state index contributed by atoms with van der Waals surface area (Å²) in [6.07, 6.45) is 4.94. The number of ether oxygens (including phenoxy) is 1. The second-order valence-corrected chi connectivity index (χ2v) is 4.54. The van der Waals surface area contributed by atoms with E-state index in [0.29, 0.717) is 24.4 Å². The number of nitrogens with one attached hydrogen (secondary N) is 2. The summed E-state index contributed by atoms with van der Waals surface area (Å²) in [5.74, 6) is 0.566. The Morgan fingerprint density at radius 1 is 1.27 bits per heavy atom. The highest BCUT2D eigenvalue weighted by molar-refractivity contribution is 6.04. The van der Waals surface area contributed by atoms with Gasteiger partial charge in [-0.05, 0) is 37.3 Å². The third-order valence-corrected chi connectivity index (χ3v) is 2.87. The first-order valence-corrected chi connectivity index (χ1v) is 7.07. The van der Waals surface area contributed by atoms with Crippen LogP contribution in [0.1, 0.15) is 17.3 Å². The van der Waals surface area contributed by atoms with E-state index in [1.54, 1.807) is 30.5 Å². The van der Waals surface area contributed by atoms with Crippen molar-refractivity contribution in [1.29, 1.82) is 0 Å². The van der Waals surface area contributed by atoms with E-state index in [4.69, 9.17) is 4.74 Å². The van der Waals surface area contributed by atoms with Gasteiger partial charge in [0.25, 0.3) is 5.91 Å². The quantitative estimate of drug-likeness (QED) is 0.769. The highest BCUT2D eigenvalue weighted by atomic mass is 16.5. The van der Waals surface area contributed by atoms with Crippen molar-refractivity contribution in [2.75, 3.05) is 23.8 Å². The molecule has 1 heterocycles. The summed E-state index contributed by atoms with van der Waals surface area (Å²) in [4.78, 5) is 16.3. The molecule has 0 fully saturated rings. The predicted molar refractivity (Wildman–Crippen MR) is 88.5 cm³/mol. The molecule has 0 aliphatic carbocycles. The van der Waals surface area contributed by atoms with Crippen LogP contribution in [0.25, 0.3) is 0 Å². The average Bonchev–Trinajstić information content (AvgIpc) is 2.55. The number of pyridine rings is 1. The van der Waals surface area contributed by atoms with Crippen LogP contribution in [0, 0.1) is 0 Å². The van der Waals surface area contributed by atoms with Crippen molar-refractivity contribution in [3.8, 4) is 5.75 Å². The maximum absolute atomic E-state index is 12.2. The minimum absolute atomic E-state index is 0.209. The molecule has 0 saturated heterocycles. The standard InChI is InChI=1S/C17H19N3O2/c1-3-9-19-15-10-13(11-18-12-15)17(21)20-14-5-7-16(8-6-14)22-4-2/h3,5-8,10-12,19H,1,4,9H2,2H3,(H,20,21). The largest absolute Gasteiger partial charge is 0.494 e. The molecule has 0 atom stereocenters. The van der Waals surface area contributed by atoms with Crippen LogP contribution < -0.4 is 15.4 Å². The Balaban J connectivity index is 2.03. The van der Waals surface area contributed by atoms with Crippen molar-refractivity contribution in [2.24, 2.45) is 0 Å². The summed E-state index contributed by atoms with van der Waals surface area (Å²) < 4.78 is 5.36. The Hall–Kier alpha value is -2.82. The number of carbonyl (C=O) groups is 1. The van der Waals surface area contributed by atoms with Crippen LogP contribution >= 0.6 is 0 Å². The number of aromatic nitrogens is 1. The Morgan fingerprint density at radius 3 is 2.73 bits per heavy atom. The molecule has 5 heteroatoms. The van der Waals surface area contributed by atoms with Gasteiger partial charge in [-0.15, -0.1) is 6.58 Å². The molecule has 5 nitrogen and oxygen atoms in total. The molecule has 114 valence electrons. The molecule has 1 aromatic heterocycles. The molecule has 0 saturated carbocycles. The molecular weight excluding hydrogens is 278 g/mol. The maximum atomic E-state index is 12.2. The first kappa shape index (κ1) is 15.6. The topological polar surface area (TPSA) is 63.2 Å². The number of amides is 1. The molecule has 2 aromatic rings. The number of hydrogen-bond donors (Lipinski definition) is 2. The molecule has 1 aromatic carbocycles. The minimum Gasteiger partial charge on any atom is -0.494 e. The van der Waals surface area contributed by atoms with Gasteiger partial charge in [-0.2, -0.15) is 0 Å². The molecule has 0 bridgehead atoms. The molecule has 22 heavy (non-hydrogen) atoms. The number of nitrogens with zero attached hydrogens (tertiary/aromatic N) is 1. The third-order valence-electron chi connectivity index (χ3n) is 2.87. The second kappa shape index (κ2) is 7.83. The first-order valence-electron chi connectivity index (χ1n) is 7.07. The SMILES string of the molecule is C=CCNc1cncc(C(=O)Nc2ccc(OCC)cc2)c1. The smallest absolute Gasteiger partial charge is 0.257 e. The summed E-state index contributed by atoms with van der Waals surface area (Å²) in [5, 5.41) is 5.93. The lowest BCUT2D eigenvalue weighted by Crippen LogP contribution is -2.12. The lowest BCUT2D eigenvalue weighted by molar-refractivity contribution is 0.102. The normalized spacial score (nSPS) is 9.86. The number of carbonyl (C=O) groups excluding carboxylic acids is 1. The van der Waals surface area contributed by atoms with Gasteiger partial charge in [0.15, 0.2) is 0 Å². The lowest BCUT2D eigenvalue weighted by Gasteiger charge is -2.08. The fourth-order valence-electron chi connectivity index (χ4n) is 1.86. The third kappa shape index (κ3) is 4.34. The van der Waals surface area contributed by atoms with E-state index in [1.807, 2.05) is 19.1 Å². The summed E-state index contributed by atoms with van der Waals surface area (Å²) in [6, 6.07) is 8.99. The minimum atomic E-state index is -0.209. The van der Waals surface area contributed by atoms with Gasteiger partial charge in [-0.3, -0.25) is 9.78 Å². The van der Waals surface area contributed by atoms with Gasteiger partial charge >= 0.3 is 0 Å². The summed E-state index contributed by atoms with van der Waals surface area (Å²) in [6.45, 7) is 6.79. The predicted octanol–water partition coefficient (Wildman–Crippen LogP) is 3.33. The maximum Gasteiger partial charge on any atom is 0.257 e. The molecule has 0 aliphatic heterocycles. The van der Waals surface area contributed by atoms with E-state index in [9.17, 15) is 4.79 Å². The summed E-state index contributed by atoms with van der Waals surface area (Å²) in [7, 11) is 0. The zero-order chi connectivity index (χ0) is 15.8. The van der Waals surface area contributed by atoms with Crippen LogP contribution in [0.2, 0.25) is 0 Å². The van der Waals surface area contributed by atoms with E-state index in [-0.39, 0.29) is 5.91 Å². The molecule has 2 rings (SSSR count). The fourth-order valence-corrected chi connectivity index (χ4v) is 1.86. The monoisotopic (exact) mass is 297 g/mol. The van der Waals surface area contributed by atoms with E-state index in [0.717, 1.165) is 11.4 Å². The summed E-state index contributed by atoms with van der Waals surface area (Å²) in [5.41, 5.74) is 1.97. The molecule has 2 N–H and O–H groups in total. The molecular formula is C17H19N3O2. The highest BCUT2D eigenvalue weighted by Crippen LogP contribution is 2.17. The Morgan fingerprint density at radius 2 is 2.05 bits per heavy atom. The lowest BCUT2D eigenvalue weighted by atomic mass is 10.2. The fraction of sp³-hybridized carbons (Fsp3) is 0.176. The van der Waals surface area contributed by atoms with E-state index in [1.165, 1.54) is 6.20 Å². The van der Waals surface area contributed by atoms with Gasteiger partial charge in [0.2, 0.25) is 0 Å². The zero-order valence-electron chi connectivity index (χ0n) is 12.5. The zero-order valence-corrected chi connectivity index (χ0v) is 12.5. The van der Waals surface area contributed by atoms with Crippen molar-refractivity contribution in [3.63, 3.8) is 0 Å². The van der Waals surface area contributed by atoms with Gasteiger partial charge in [-0.1, -0.05) is 6.08 Å². The van der Waals surface area contributed by atoms with Gasteiger partial charge < -0.3 is 15.4 Å². The number of rotatable bonds is 7. The van der Waals surface area contributed by atoms with Crippen LogP contribution in [-0.2, 0) is 0 Å². The Bertz CT molecular complexity index is 639. The number of hydrogen-bond acceptors (Lipinski definition) is 4. The molecule has 0 unspecified atom stereocenters. The van der Waals surface area contributed by atoms with E-state index in [2.05, 4.69) is 22.2 Å². The van der Waals surface area contributed by atoms with Crippen molar-refractivity contribution >= 4 is 17.3 Å². The molecule has 0 spiro atoms. The van der Waals surface area contributed by atoms with Crippen LogP contribution in [-0.4, -0.2) is 24.0 Å². The first-order chi connectivity index (χ1) is 10.7. The molecule has 1 amide bonds. The van der Waals surface area contributed by atoms with Gasteiger partial charge in [0.05, 0.1) is 17.9 Å². The number of anilines is 2. The average molecular weight is 297 g/mol. The Kier molecular flexibility index (Phi) is 5.54. The van der Waals surface area contributed by atoms with E-state index < -0.39 is 0 Å². The van der Waals surface area contributed by atoms with Gasteiger partial charge in [-0.25, -0.2) is 0 Å². The van der Waals surface area contributed by atoms with Crippen molar-refractivity contribution in [1.82, 2.24) is 4.98 Å². The van der Waals surface area contributed by atoms with Gasteiger partial charge in [0, 0.05) is 24.6 Å². The van der Waals surface area contributed by atoms with Crippen molar-refractivity contribution in [2.45, 2.75) is 6.92 Å².